The first-order valence-electron chi connectivity index (χ1n) is 6.81. The summed E-state index contributed by atoms with van der Waals surface area (Å²) in [6, 6.07) is 9.35. The minimum atomic E-state index is -1.23. The Kier molecular flexibility index (Phi) is 4.78. The summed E-state index contributed by atoms with van der Waals surface area (Å²) >= 11 is 0. The standard InChI is InChI=1S/C16H14N2O6/c1-17(2)15(19)10-4-3-5-12(8-10)24-14-9-11(16(20)21)6-7-13(14)18(22)23/h3-9H,1-2H3,(H,20,21). The normalized spacial score (nSPS) is 10.1. The molecule has 8 nitrogen and oxygen atoms in total. The lowest BCUT2D eigenvalue weighted by molar-refractivity contribution is -0.385. The first-order valence-corrected chi connectivity index (χ1v) is 6.81. The summed E-state index contributed by atoms with van der Waals surface area (Å²) in [6.07, 6.45) is 0. The van der Waals surface area contributed by atoms with Crippen LogP contribution in [-0.4, -0.2) is 40.9 Å². The molecule has 0 aliphatic rings. The zero-order valence-corrected chi connectivity index (χ0v) is 12.9. The summed E-state index contributed by atoms with van der Waals surface area (Å²) in [5, 5.41) is 20.1. The van der Waals surface area contributed by atoms with Crippen molar-refractivity contribution in [2.24, 2.45) is 0 Å². The highest BCUT2D eigenvalue weighted by molar-refractivity contribution is 5.94. The van der Waals surface area contributed by atoms with Gasteiger partial charge < -0.3 is 14.7 Å². The number of aromatic carboxylic acids is 1. The van der Waals surface area contributed by atoms with Crippen LogP contribution in [-0.2, 0) is 0 Å². The number of hydrogen-bond acceptors (Lipinski definition) is 5. The molecular weight excluding hydrogens is 316 g/mol. The number of amides is 1. The van der Waals surface area contributed by atoms with Crippen LogP contribution in [0.15, 0.2) is 42.5 Å². The van der Waals surface area contributed by atoms with Crippen LogP contribution >= 0.6 is 0 Å². The third-order valence-electron chi connectivity index (χ3n) is 3.12. The number of rotatable bonds is 5. The molecule has 0 saturated heterocycles. The van der Waals surface area contributed by atoms with E-state index in [4.69, 9.17) is 9.84 Å². The molecule has 1 amide bonds. The van der Waals surface area contributed by atoms with Gasteiger partial charge in [0.2, 0.25) is 5.75 Å². The Balaban J connectivity index is 2.41. The zero-order chi connectivity index (χ0) is 17.9. The van der Waals surface area contributed by atoms with Gasteiger partial charge in [0.1, 0.15) is 5.75 Å². The fraction of sp³-hybridized carbons (Fsp3) is 0.125. The average Bonchev–Trinajstić information content (AvgIpc) is 2.53. The second kappa shape index (κ2) is 6.78. The summed E-state index contributed by atoms with van der Waals surface area (Å²) in [7, 11) is 3.19. The van der Waals surface area contributed by atoms with Gasteiger partial charge in [-0.3, -0.25) is 14.9 Å². The lowest BCUT2D eigenvalue weighted by atomic mass is 10.1. The summed E-state index contributed by atoms with van der Waals surface area (Å²) in [6.45, 7) is 0. The van der Waals surface area contributed by atoms with Gasteiger partial charge >= 0.3 is 11.7 Å². The molecule has 0 spiro atoms. The van der Waals surface area contributed by atoms with Crippen molar-refractivity contribution in [3.8, 4) is 11.5 Å². The van der Waals surface area contributed by atoms with Crippen molar-refractivity contribution in [1.29, 1.82) is 0 Å². The maximum absolute atomic E-state index is 12.0. The molecule has 0 fully saturated rings. The molecule has 0 heterocycles. The molecule has 1 N–H and O–H groups in total. The maximum atomic E-state index is 12.0. The predicted octanol–water partition coefficient (Wildman–Crippen LogP) is 2.79. The van der Waals surface area contributed by atoms with Crippen molar-refractivity contribution in [2.45, 2.75) is 0 Å². The Hall–Kier alpha value is -3.42. The van der Waals surface area contributed by atoms with E-state index < -0.39 is 10.9 Å². The fourth-order valence-electron chi connectivity index (χ4n) is 1.96. The van der Waals surface area contributed by atoms with E-state index in [-0.39, 0.29) is 28.7 Å². The Morgan fingerprint density at radius 1 is 1.12 bits per heavy atom. The van der Waals surface area contributed by atoms with Crippen molar-refractivity contribution in [3.63, 3.8) is 0 Å². The van der Waals surface area contributed by atoms with Gasteiger partial charge in [0.25, 0.3) is 5.91 Å². The third kappa shape index (κ3) is 3.67. The van der Waals surface area contributed by atoms with E-state index in [0.29, 0.717) is 5.56 Å². The van der Waals surface area contributed by atoms with E-state index in [2.05, 4.69) is 0 Å². The number of carboxylic acids is 1. The minimum absolute atomic E-state index is 0.142. The van der Waals surface area contributed by atoms with Crippen LogP contribution in [0.2, 0.25) is 0 Å². The SMILES string of the molecule is CN(C)C(=O)c1cccc(Oc2cc(C(=O)O)ccc2[N+](=O)[O-])c1. The lowest BCUT2D eigenvalue weighted by Crippen LogP contribution is -2.21. The van der Waals surface area contributed by atoms with E-state index in [1.54, 1.807) is 26.2 Å². The highest BCUT2D eigenvalue weighted by Crippen LogP contribution is 2.32. The Morgan fingerprint density at radius 2 is 1.83 bits per heavy atom. The molecule has 2 aromatic rings. The summed E-state index contributed by atoms with van der Waals surface area (Å²) in [5.41, 5.74) is -0.171. The van der Waals surface area contributed by atoms with Crippen LogP contribution in [0.4, 0.5) is 5.69 Å². The van der Waals surface area contributed by atoms with Crippen molar-refractivity contribution >= 4 is 17.6 Å². The topological polar surface area (TPSA) is 110 Å². The molecule has 0 saturated carbocycles. The Morgan fingerprint density at radius 3 is 2.42 bits per heavy atom. The van der Waals surface area contributed by atoms with Crippen LogP contribution < -0.4 is 4.74 Å². The molecule has 8 heteroatoms. The van der Waals surface area contributed by atoms with E-state index in [1.807, 2.05) is 0 Å². The fourth-order valence-corrected chi connectivity index (χ4v) is 1.96. The first kappa shape index (κ1) is 16.9. The molecule has 0 aliphatic carbocycles. The number of ether oxygens (including phenoxy) is 1. The van der Waals surface area contributed by atoms with Gasteiger partial charge in [0.05, 0.1) is 10.5 Å². The first-order chi connectivity index (χ1) is 11.3. The number of carboxylic acid groups (broad SMARTS) is 1. The molecule has 0 radical (unpaired) electrons. The molecule has 2 aromatic carbocycles. The highest BCUT2D eigenvalue weighted by Gasteiger charge is 2.19. The molecule has 24 heavy (non-hydrogen) atoms. The predicted molar refractivity (Wildman–Crippen MR) is 84.6 cm³/mol. The minimum Gasteiger partial charge on any atom is -0.478 e. The van der Waals surface area contributed by atoms with Gasteiger partial charge in [-0.25, -0.2) is 4.79 Å². The van der Waals surface area contributed by atoms with Gasteiger partial charge in [0, 0.05) is 31.8 Å². The number of nitrogens with zero attached hydrogens (tertiary/aromatic N) is 2. The molecule has 124 valence electrons. The molecule has 0 aromatic heterocycles. The summed E-state index contributed by atoms with van der Waals surface area (Å²) in [5.74, 6) is -1.51. The largest absolute Gasteiger partial charge is 0.478 e. The van der Waals surface area contributed by atoms with Gasteiger partial charge in [-0.1, -0.05) is 6.07 Å². The van der Waals surface area contributed by atoms with E-state index in [9.17, 15) is 19.7 Å². The number of nitro benzene ring substituents is 1. The van der Waals surface area contributed by atoms with Gasteiger partial charge in [0.15, 0.2) is 0 Å². The molecule has 0 aliphatic heterocycles. The lowest BCUT2D eigenvalue weighted by Gasteiger charge is -2.12. The molecule has 2 rings (SSSR count). The van der Waals surface area contributed by atoms with Crippen LogP contribution in [0.25, 0.3) is 0 Å². The molecule has 0 atom stereocenters. The average molecular weight is 330 g/mol. The van der Waals surface area contributed by atoms with Crippen LogP contribution in [0.5, 0.6) is 11.5 Å². The summed E-state index contributed by atoms with van der Waals surface area (Å²) in [4.78, 5) is 34.8. The molecule has 0 bridgehead atoms. The van der Waals surface area contributed by atoms with Crippen molar-refractivity contribution < 1.29 is 24.4 Å². The maximum Gasteiger partial charge on any atom is 0.335 e. The smallest absolute Gasteiger partial charge is 0.335 e. The van der Waals surface area contributed by atoms with E-state index in [1.165, 1.54) is 17.0 Å². The molecule has 0 unspecified atom stereocenters. The number of hydrogen-bond donors (Lipinski definition) is 1. The highest BCUT2D eigenvalue weighted by atomic mass is 16.6. The monoisotopic (exact) mass is 330 g/mol. The van der Waals surface area contributed by atoms with Gasteiger partial charge in [-0.2, -0.15) is 0 Å². The van der Waals surface area contributed by atoms with Gasteiger partial charge in [-0.05, 0) is 24.3 Å². The third-order valence-corrected chi connectivity index (χ3v) is 3.12. The van der Waals surface area contributed by atoms with Crippen LogP contribution in [0, 0.1) is 10.1 Å². The zero-order valence-electron chi connectivity index (χ0n) is 12.9. The van der Waals surface area contributed by atoms with Crippen molar-refractivity contribution in [3.05, 3.63) is 63.7 Å². The number of carbonyl (C=O) groups is 2. The van der Waals surface area contributed by atoms with Gasteiger partial charge in [-0.15, -0.1) is 0 Å². The van der Waals surface area contributed by atoms with Crippen LogP contribution in [0.1, 0.15) is 20.7 Å². The Labute approximate surface area is 137 Å². The summed E-state index contributed by atoms with van der Waals surface area (Å²) < 4.78 is 5.46. The number of benzene rings is 2. The second-order valence-corrected chi connectivity index (χ2v) is 5.07. The number of nitro groups is 1. The second-order valence-electron chi connectivity index (χ2n) is 5.07. The Bertz CT molecular complexity index is 816. The van der Waals surface area contributed by atoms with Crippen molar-refractivity contribution in [2.75, 3.05) is 14.1 Å². The number of carbonyl (C=O) groups excluding carboxylic acids is 1. The van der Waals surface area contributed by atoms with E-state index in [0.717, 1.165) is 18.2 Å². The molecular formula is C16H14N2O6. The van der Waals surface area contributed by atoms with Crippen molar-refractivity contribution in [1.82, 2.24) is 4.90 Å². The van der Waals surface area contributed by atoms with E-state index >= 15 is 0 Å². The quantitative estimate of drug-likeness (QED) is 0.666. The van der Waals surface area contributed by atoms with Crippen LogP contribution in [0.3, 0.4) is 0 Å².